The number of hydrogen-bond acceptors (Lipinski definition) is 4. The van der Waals surface area contributed by atoms with Gasteiger partial charge in [0.1, 0.15) is 6.61 Å². The largest absolute Gasteiger partial charge is 0.488 e. The lowest BCUT2D eigenvalue weighted by Crippen LogP contribution is -2.32. The summed E-state index contributed by atoms with van der Waals surface area (Å²) >= 11 is 0. The lowest BCUT2D eigenvalue weighted by molar-refractivity contribution is 0.0920. The van der Waals surface area contributed by atoms with E-state index in [1.807, 2.05) is 48.9 Å². The van der Waals surface area contributed by atoms with Crippen LogP contribution in [0.25, 0.3) is 11.0 Å². The van der Waals surface area contributed by atoms with Gasteiger partial charge < -0.3 is 10.1 Å². The number of fused-ring (bicyclic) bond motifs is 1. The lowest BCUT2D eigenvalue weighted by Gasteiger charge is -2.20. The zero-order chi connectivity index (χ0) is 21.8. The highest BCUT2D eigenvalue weighted by Gasteiger charge is 2.19. The highest BCUT2D eigenvalue weighted by Crippen LogP contribution is 2.21. The molecule has 1 unspecified atom stereocenters. The average Bonchev–Trinajstić information content (AvgIpc) is 3.21. The minimum absolute atomic E-state index is 0.0810. The van der Waals surface area contributed by atoms with Crippen molar-refractivity contribution < 1.29 is 13.9 Å². The molecule has 0 aliphatic heterocycles. The Labute approximate surface area is 179 Å². The second-order valence-corrected chi connectivity index (χ2v) is 7.50. The summed E-state index contributed by atoms with van der Waals surface area (Å²) in [7, 11) is 0. The molecule has 31 heavy (non-hydrogen) atoms. The summed E-state index contributed by atoms with van der Waals surface area (Å²) in [5, 5.41) is 8.11. The van der Waals surface area contributed by atoms with Crippen LogP contribution in [0.4, 0.5) is 4.39 Å². The van der Waals surface area contributed by atoms with Crippen molar-refractivity contribution in [3.05, 3.63) is 90.0 Å². The van der Waals surface area contributed by atoms with Crippen LogP contribution in [0.1, 0.15) is 41.9 Å². The summed E-state index contributed by atoms with van der Waals surface area (Å²) < 4.78 is 21.4. The van der Waals surface area contributed by atoms with E-state index >= 15 is 0 Å². The fourth-order valence-corrected chi connectivity index (χ4v) is 3.33. The third kappa shape index (κ3) is 4.55. The van der Waals surface area contributed by atoms with Gasteiger partial charge in [-0.05, 0) is 37.6 Å². The molecular weight excluding hydrogens is 395 g/mol. The van der Waals surface area contributed by atoms with Crippen LogP contribution >= 0.6 is 0 Å². The normalized spacial score (nSPS) is 12.1. The van der Waals surface area contributed by atoms with Crippen molar-refractivity contribution in [2.24, 2.45) is 0 Å². The zero-order valence-corrected chi connectivity index (χ0v) is 17.3. The van der Waals surface area contributed by atoms with Crippen molar-refractivity contribution in [3.63, 3.8) is 0 Å². The SMILES string of the molecule is CC(C)n1ncc2cc(C(=O)NC(COc3ccccc3F)c3ccccc3)cnc21. The summed E-state index contributed by atoms with van der Waals surface area (Å²) in [6.07, 6.45) is 3.24. The van der Waals surface area contributed by atoms with Gasteiger partial charge in [0.25, 0.3) is 5.91 Å². The average molecular weight is 418 g/mol. The molecule has 0 saturated carbocycles. The smallest absolute Gasteiger partial charge is 0.253 e. The van der Waals surface area contributed by atoms with E-state index in [0.717, 1.165) is 16.6 Å². The molecule has 4 rings (SSSR count). The van der Waals surface area contributed by atoms with Gasteiger partial charge in [0.15, 0.2) is 17.2 Å². The first-order valence-electron chi connectivity index (χ1n) is 10.1. The summed E-state index contributed by atoms with van der Waals surface area (Å²) in [4.78, 5) is 17.4. The second kappa shape index (κ2) is 8.95. The number of halogens is 1. The van der Waals surface area contributed by atoms with Crippen molar-refractivity contribution in [2.45, 2.75) is 25.9 Å². The van der Waals surface area contributed by atoms with Gasteiger partial charge in [0, 0.05) is 17.6 Å². The quantitative estimate of drug-likeness (QED) is 0.472. The van der Waals surface area contributed by atoms with Crippen LogP contribution < -0.4 is 10.1 Å². The van der Waals surface area contributed by atoms with Crippen LogP contribution in [0.15, 0.2) is 73.1 Å². The maximum absolute atomic E-state index is 13.9. The molecule has 0 spiro atoms. The molecule has 2 aromatic heterocycles. The predicted octanol–water partition coefficient (Wildman–Crippen LogP) is 4.70. The summed E-state index contributed by atoms with van der Waals surface area (Å²) in [5.41, 5.74) is 2.01. The van der Waals surface area contributed by atoms with E-state index in [0.29, 0.717) is 5.56 Å². The number of nitrogens with zero attached hydrogens (tertiary/aromatic N) is 3. The number of carbonyl (C=O) groups excluding carboxylic acids is 1. The molecule has 0 bridgehead atoms. The van der Waals surface area contributed by atoms with Crippen LogP contribution in [-0.2, 0) is 0 Å². The fraction of sp³-hybridized carbons (Fsp3) is 0.208. The van der Waals surface area contributed by atoms with Crippen LogP contribution in [0.5, 0.6) is 5.75 Å². The van der Waals surface area contributed by atoms with Gasteiger partial charge in [-0.25, -0.2) is 14.1 Å². The first kappa shape index (κ1) is 20.5. The molecule has 0 saturated heterocycles. The van der Waals surface area contributed by atoms with Crippen LogP contribution in [0.2, 0.25) is 0 Å². The maximum Gasteiger partial charge on any atom is 0.253 e. The van der Waals surface area contributed by atoms with Crippen molar-refractivity contribution >= 4 is 16.9 Å². The molecule has 158 valence electrons. The molecule has 0 radical (unpaired) electrons. The second-order valence-electron chi connectivity index (χ2n) is 7.50. The molecule has 7 heteroatoms. The van der Waals surface area contributed by atoms with E-state index in [-0.39, 0.29) is 24.3 Å². The van der Waals surface area contributed by atoms with Gasteiger partial charge in [0.2, 0.25) is 0 Å². The van der Waals surface area contributed by atoms with Gasteiger partial charge in [-0.15, -0.1) is 0 Å². The third-order valence-corrected chi connectivity index (χ3v) is 4.93. The lowest BCUT2D eigenvalue weighted by atomic mass is 10.1. The predicted molar refractivity (Wildman–Crippen MR) is 116 cm³/mol. The molecule has 1 N–H and O–H groups in total. The van der Waals surface area contributed by atoms with Crippen molar-refractivity contribution in [3.8, 4) is 5.75 Å². The molecule has 0 fully saturated rings. The fourth-order valence-electron chi connectivity index (χ4n) is 3.33. The van der Waals surface area contributed by atoms with Crippen LogP contribution in [0.3, 0.4) is 0 Å². The minimum Gasteiger partial charge on any atom is -0.488 e. The Hall–Kier alpha value is -3.74. The molecular formula is C24H23FN4O2. The Morgan fingerprint density at radius 3 is 2.58 bits per heavy atom. The summed E-state index contributed by atoms with van der Waals surface area (Å²) in [6.45, 7) is 4.13. The number of carbonyl (C=O) groups is 1. The van der Waals surface area contributed by atoms with E-state index in [2.05, 4.69) is 15.4 Å². The third-order valence-electron chi connectivity index (χ3n) is 4.93. The number of para-hydroxylation sites is 1. The van der Waals surface area contributed by atoms with Crippen molar-refractivity contribution in [2.75, 3.05) is 6.61 Å². The summed E-state index contributed by atoms with van der Waals surface area (Å²) in [5.74, 6) is -0.600. The van der Waals surface area contributed by atoms with Gasteiger partial charge in [0.05, 0.1) is 17.8 Å². The van der Waals surface area contributed by atoms with Crippen LogP contribution in [0, 0.1) is 5.82 Å². The number of amides is 1. The number of benzene rings is 2. The standard InChI is InChI=1S/C24H23FN4O2/c1-16(2)29-23-18(14-27-29)12-19(13-26-23)24(30)28-21(17-8-4-3-5-9-17)15-31-22-11-7-6-10-20(22)25/h3-14,16,21H,15H2,1-2H3,(H,28,30). The molecule has 4 aromatic rings. The first-order valence-corrected chi connectivity index (χ1v) is 10.1. The molecule has 1 amide bonds. The van der Waals surface area contributed by atoms with Crippen LogP contribution in [-0.4, -0.2) is 27.3 Å². The maximum atomic E-state index is 13.9. The Kier molecular flexibility index (Phi) is 5.93. The van der Waals surface area contributed by atoms with Crippen molar-refractivity contribution in [1.29, 1.82) is 0 Å². The van der Waals surface area contributed by atoms with Gasteiger partial charge in [-0.1, -0.05) is 42.5 Å². The highest BCUT2D eigenvalue weighted by atomic mass is 19.1. The first-order chi connectivity index (χ1) is 15.0. The summed E-state index contributed by atoms with van der Waals surface area (Å²) in [6, 6.07) is 17.1. The minimum atomic E-state index is -0.470. The van der Waals surface area contributed by atoms with E-state index in [4.69, 9.17) is 4.74 Å². The van der Waals surface area contributed by atoms with Gasteiger partial charge in [-0.3, -0.25) is 4.79 Å². The molecule has 0 aliphatic rings. The number of pyridine rings is 1. The molecule has 2 heterocycles. The molecule has 6 nitrogen and oxygen atoms in total. The van der Waals surface area contributed by atoms with E-state index in [1.165, 1.54) is 12.3 Å². The number of ether oxygens (including phenoxy) is 1. The molecule has 1 atom stereocenters. The highest BCUT2D eigenvalue weighted by molar-refractivity contribution is 5.97. The Morgan fingerprint density at radius 2 is 1.84 bits per heavy atom. The monoisotopic (exact) mass is 418 g/mol. The molecule has 2 aromatic carbocycles. The van der Waals surface area contributed by atoms with E-state index in [1.54, 1.807) is 30.5 Å². The number of hydrogen-bond donors (Lipinski definition) is 1. The number of aromatic nitrogens is 3. The molecule has 0 aliphatic carbocycles. The van der Waals surface area contributed by atoms with Gasteiger partial charge in [-0.2, -0.15) is 5.10 Å². The number of rotatable bonds is 7. The Morgan fingerprint density at radius 1 is 1.10 bits per heavy atom. The topological polar surface area (TPSA) is 69.0 Å². The zero-order valence-electron chi connectivity index (χ0n) is 17.3. The van der Waals surface area contributed by atoms with E-state index < -0.39 is 11.9 Å². The number of nitrogens with one attached hydrogen (secondary N) is 1. The van der Waals surface area contributed by atoms with Crippen molar-refractivity contribution in [1.82, 2.24) is 20.1 Å². The van der Waals surface area contributed by atoms with E-state index in [9.17, 15) is 9.18 Å². The Bertz CT molecular complexity index is 1190. The Balaban J connectivity index is 1.55. The van der Waals surface area contributed by atoms with Gasteiger partial charge >= 0.3 is 0 Å².